The number of fused-ring (bicyclic) bond motifs is 3. The van der Waals surface area contributed by atoms with Crippen molar-refractivity contribution in [2.45, 2.75) is 57.4 Å². The van der Waals surface area contributed by atoms with Crippen molar-refractivity contribution in [1.82, 2.24) is 0 Å². The first kappa shape index (κ1) is 17.0. The molecule has 0 radical (unpaired) electrons. The van der Waals surface area contributed by atoms with E-state index in [0.717, 1.165) is 12.8 Å². The van der Waals surface area contributed by atoms with Crippen LogP contribution in [0.1, 0.15) is 62.5 Å². The average Bonchev–Trinajstić information content (AvgIpc) is 3.02. The molecule has 0 bridgehead atoms. The van der Waals surface area contributed by atoms with Crippen molar-refractivity contribution in [3.05, 3.63) is 59.7 Å². The number of aliphatic imine (C=N–C) groups is 1. The van der Waals surface area contributed by atoms with Crippen molar-refractivity contribution in [2.24, 2.45) is 10.9 Å². The zero-order valence-corrected chi connectivity index (χ0v) is 15.3. The van der Waals surface area contributed by atoms with E-state index in [9.17, 15) is 0 Å². The van der Waals surface area contributed by atoms with E-state index in [0.29, 0.717) is 18.4 Å². The second-order valence-electron chi connectivity index (χ2n) is 7.58. The van der Waals surface area contributed by atoms with Gasteiger partial charge in [-0.1, -0.05) is 67.8 Å². The summed E-state index contributed by atoms with van der Waals surface area (Å²) in [7, 11) is 0. The minimum absolute atomic E-state index is 0.345. The number of unbranched alkanes of at least 4 members (excludes halogenated alkanes) is 1. The van der Waals surface area contributed by atoms with Gasteiger partial charge in [-0.3, -0.25) is 4.99 Å². The third kappa shape index (κ3) is 3.31. The maximum Gasteiger partial charge on any atom is 0.0734 e. The van der Waals surface area contributed by atoms with Gasteiger partial charge in [-0.15, -0.1) is 0 Å². The zero-order valence-electron chi connectivity index (χ0n) is 15.3. The van der Waals surface area contributed by atoms with Crippen LogP contribution in [-0.4, -0.2) is 11.8 Å². The smallest absolute Gasteiger partial charge is 0.0734 e. The summed E-state index contributed by atoms with van der Waals surface area (Å²) in [5.74, 6) is 0.676. The number of rotatable bonds is 5. The lowest BCUT2D eigenvalue weighted by Crippen LogP contribution is -2.23. The van der Waals surface area contributed by atoms with Crippen LogP contribution in [0, 0.1) is 17.2 Å². The molecule has 2 nitrogen and oxygen atoms in total. The lowest BCUT2D eigenvalue weighted by molar-refractivity contribution is 0.294. The van der Waals surface area contributed by atoms with Gasteiger partial charge in [0.2, 0.25) is 0 Å². The SMILES string of the molecule is N#CCCCC(N=C1c2ccccc2-c2ccccc21)C1CCCCC1. The Bertz CT molecular complexity index is 790. The Morgan fingerprint density at radius 3 is 2.04 bits per heavy atom. The molecule has 0 aromatic heterocycles. The normalized spacial score (nSPS) is 17.3. The van der Waals surface area contributed by atoms with Crippen LogP contribution >= 0.6 is 0 Å². The highest BCUT2D eigenvalue weighted by molar-refractivity contribution is 6.24. The molecule has 2 heteroatoms. The van der Waals surface area contributed by atoms with Gasteiger partial charge in [0, 0.05) is 17.5 Å². The van der Waals surface area contributed by atoms with Gasteiger partial charge in [-0.25, -0.2) is 0 Å². The van der Waals surface area contributed by atoms with Gasteiger partial charge in [0.15, 0.2) is 0 Å². The minimum atomic E-state index is 0.345. The third-order valence-corrected chi connectivity index (χ3v) is 5.93. The Morgan fingerprint density at radius 1 is 0.885 bits per heavy atom. The summed E-state index contributed by atoms with van der Waals surface area (Å²) in [5.41, 5.74) is 6.33. The maximum absolute atomic E-state index is 8.95. The van der Waals surface area contributed by atoms with Gasteiger partial charge >= 0.3 is 0 Å². The fourth-order valence-corrected chi connectivity index (χ4v) is 4.61. The summed E-state index contributed by atoms with van der Waals surface area (Å²) >= 11 is 0. The molecule has 0 N–H and O–H groups in total. The van der Waals surface area contributed by atoms with E-state index in [1.807, 2.05) is 0 Å². The summed E-state index contributed by atoms with van der Waals surface area (Å²) in [6, 6.07) is 20.0. The second-order valence-corrected chi connectivity index (χ2v) is 7.58. The Hall–Kier alpha value is -2.40. The van der Waals surface area contributed by atoms with E-state index < -0.39 is 0 Å². The number of nitriles is 1. The van der Waals surface area contributed by atoms with Crippen LogP contribution in [0.2, 0.25) is 0 Å². The largest absolute Gasteiger partial charge is 0.280 e. The topological polar surface area (TPSA) is 36.1 Å². The highest BCUT2D eigenvalue weighted by Gasteiger charge is 2.28. The molecule has 2 aromatic carbocycles. The number of nitrogens with zero attached hydrogens (tertiary/aromatic N) is 2. The van der Waals surface area contributed by atoms with Crippen LogP contribution in [-0.2, 0) is 0 Å². The highest BCUT2D eigenvalue weighted by Crippen LogP contribution is 2.38. The zero-order chi connectivity index (χ0) is 17.8. The quantitative estimate of drug-likeness (QED) is 0.512. The summed E-state index contributed by atoms with van der Waals surface area (Å²) in [6.45, 7) is 0. The van der Waals surface area contributed by atoms with Crippen molar-refractivity contribution in [3.8, 4) is 17.2 Å². The highest BCUT2D eigenvalue weighted by atomic mass is 14.8. The van der Waals surface area contributed by atoms with E-state index in [-0.39, 0.29) is 0 Å². The van der Waals surface area contributed by atoms with Crippen LogP contribution in [0.4, 0.5) is 0 Å². The third-order valence-electron chi connectivity index (χ3n) is 5.93. The van der Waals surface area contributed by atoms with E-state index in [1.165, 1.54) is 60.1 Å². The molecule has 0 saturated heterocycles. The lowest BCUT2D eigenvalue weighted by Gasteiger charge is -2.28. The fourth-order valence-electron chi connectivity index (χ4n) is 4.61. The van der Waals surface area contributed by atoms with Crippen LogP contribution in [0.15, 0.2) is 53.5 Å². The van der Waals surface area contributed by atoms with Crippen LogP contribution < -0.4 is 0 Å². The molecule has 2 aliphatic rings. The predicted octanol–water partition coefficient (Wildman–Crippen LogP) is 6.15. The first-order chi connectivity index (χ1) is 12.9. The molecule has 26 heavy (non-hydrogen) atoms. The van der Waals surface area contributed by atoms with E-state index in [4.69, 9.17) is 10.3 Å². The molecule has 0 spiro atoms. The Labute approximate surface area is 156 Å². The second kappa shape index (κ2) is 7.87. The molecule has 2 aromatic rings. The molecular formula is C24H26N2. The first-order valence-corrected chi connectivity index (χ1v) is 10.0. The summed E-state index contributed by atoms with van der Waals surface area (Å²) in [5, 5.41) is 8.95. The van der Waals surface area contributed by atoms with Crippen LogP contribution in [0.5, 0.6) is 0 Å². The van der Waals surface area contributed by atoms with Gasteiger partial charge in [0.25, 0.3) is 0 Å². The molecule has 0 heterocycles. The van der Waals surface area contributed by atoms with Gasteiger partial charge in [0.1, 0.15) is 0 Å². The van der Waals surface area contributed by atoms with Crippen molar-refractivity contribution >= 4 is 5.71 Å². The fraction of sp³-hybridized carbons (Fsp3) is 0.417. The van der Waals surface area contributed by atoms with Crippen molar-refractivity contribution in [1.29, 1.82) is 5.26 Å². The molecule has 1 atom stereocenters. The Balaban J connectivity index is 1.72. The standard InChI is InChI=1S/C24H26N2/c25-17-9-8-16-23(18-10-2-1-3-11-18)26-24-21-14-6-4-12-19(21)20-13-5-7-15-22(20)24/h4-7,12-15,18,23H,1-3,8-11,16H2. The molecule has 1 unspecified atom stereocenters. The predicted molar refractivity (Wildman–Crippen MR) is 107 cm³/mol. The van der Waals surface area contributed by atoms with Crippen LogP contribution in [0.3, 0.4) is 0 Å². The van der Waals surface area contributed by atoms with E-state index >= 15 is 0 Å². The molecule has 1 fully saturated rings. The van der Waals surface area contributed by atoms with Gasteiger partial charge < -0.3 is 0 Å². The monoisotopic (exact) mass is 342 g/mol. The molecule has 132 valence electrons. The van der Waals surface area contributed by atoms with Gasteiger partial charge in [-0.05, 0) is 42.7 Å². The van der Waals surface area contributed by atoms with Gasteiger partial charge in [0.05, 0.1) is 17.8 Å². The lowest BCUT2D eigenvalue weighted by atomic mass is 9.82. The van der Waals surface area contributed by atoms with Crippen molar-refractivity contribution < 1.29 is 0 Å². The Morgan fingerprint density at radius 2 is 1.46 bits per heavy atom. The number of hydrogen-bond donors (Lipinski definition) is 0. The van der Waals surface area contributed by atoms with Gasteiger partial charge in [-0.2, -0.15) is 5.26 Å². The molecule has 2 aliphatic carbocycles. The molecule has 4 rings (SSSR count). The minimum Gasteiger partial charge on any atom is -0.280 e. The molecule has 1 saturated carbocycles. The Kier molecular flexibility index (Phi) is 5.16. The van der Waals surface area contributed by atoms with Crippen LogP contribution in [0.25, 0.3) is 11.1 Å². The van der Waals surface area contributed by atoms with Crippen molar-refractivity contribution in [2.75, 3.05) is 0 Å². The summed E-state index contributed by atoms with van der Waals surface area (Å²) in [4.78, 5) is 5.36. The average molecular weight is 342 g/mol. The van der Waals surface area contributed by atoms with Crippen molar-refractivity contribution in [3.63, 3.8) is 0 Å². The maximum atomic E-state index is 8.95. The molecular weight excluding hydrogens is 316 g/mol. The summed E-state index contributed by atoms with van der Waals surface area (Å²) in [6.07, 6.45) is 9.23. The first-order valence-electron chi connectivity index (χ1n) is 10.0. The number of benzene rings is 2. The van der Waals surface area contributed by atoms with E-state index in [1.54, 1.807) is 0 Å². The molecule has 0 aliphatic heterocycles. The number of hydrogen-bond acceptors (Lipinski definition) is 2. The molecule has 0 amide bonds. The summed E-state index contributed by atoms with van der Waals surface area (Å²) < 4.78 is 0. The van der Waals surface area contributed by atoms with E-state index in [2.05, 4.69) is 54.6 Å².